The molecular weight excluding hydrogens is 260 g/mol. The van der Waals surface area contributed by atoms with E-state index in [1.807, 2.05) is 24.3 Å². The van der Waals surface area contributed by atoms with E-state index in [1.54, 1.807) is 6.20 Å². The first-order valence-corrected chi connectivity index (χ1v) is 7.34. The first kappa shape index (κ1) is 13.6. The number of hydrogen-bond acceptors (Lipinski definition) is 2. The van der Waals surface area contributed by atoms with Crippen molar-refractivity contribution in [2.75, 3.05) is 6.54 Å². The number of guanidine groups is 1. The molecule has 4 nitrogen and oxygen atoms in total. The molecule has 1 aliphatic carbocycles. The summed E-state index contributed by atoms with van der Waals surface area (Å²) in [5.74, 6) is 1.10. The molecule has 0 bridgehead atoms. The van der Waals surface area contributed by atoms with Crippen LogP contribution in [0.2, 0.25) is 0 Å². The van der Waals surface area contributed by atoms with Gasteiger partial charge in [-0.3, -0.25) is 9.98 Å². The summed E-state index contributed by atoms with van der Waals surface area (Å²) in [5.41, 5.74) is 8.35. The van der Waals surface area contributed by atoms with Gasteiger partial charge in [-0.2, -0.15) is 0 Å². The molecule has 2 aromatic rings. The van der Waals surface area contributed by atoms with Gasteiger partial charge in [-0.25, -0.2) is 0 Å². The van der Waals surface area contributed by atoms with Crippen LogP contribution in [0, 0.1) is 0 Å². The van der Waals surface area contributed by atoms with Crippen LogP contribution in [0.3, 0.4) is 0 Å². The molecule has 1 heterocycles. The Labute approximate surface area is 125 Å². The smallest absolute Gasteiger partial charge is 0.188 e. The van der Waals surface area contributed by atoms with Gasteiger partial charge in [-0.05, 0) is 24.1 Å². The monoisotopic (exact) mass is 280 g/mol. The molecule has 2 atom stereocenters. The van der Waals surface area contributed by atoms with Crippen LogP contribution in [0.25, 0.3) is 0 Å². The highest BCUT2D eigenvalue weighted by Crippen LogP contribution is 2.40. The summed E-state index contributed by atoms with van der Waals surface area (Å²) in [6, 6.07) is 16.9. The molecule has 108 valence electrons. The SMILES string of the molecule is NC(=NCCc1ccccn1)NC1CC1c1ccccc1. The molecule has 1 aromatic heterocycles. The number of nitrogens with two attached hydrogens (primary N) is 1. The zero-order valence-corrected chi connectivity index (χ0v) is 11.9. The fourth-order valence-electron chi connectivity index (χ4n) is 2.50. The van der Waals surface area contributed by atoms with Crippen LogP contribution in [0.4, 0.5) is 0 Å². The predicted octanol–water partition coefficient (Wildman–Crippen LogP) is 2.08. The highest BCUT2D eigenvalue weighted by atomic mass is 15.1. The first-order valence-electron chi connectivity index (χ1n) is 7.34. The van der Waals surface area contributed by atoms with Crippen LogP contribution in [0.15, 0.2) is 59.7 Å². The molecule has 0 amide bonds. The number of aliphatic imine (C=N–C) groups is 1. The normalized spacial score (nSPS) is 21.0. The highest BCUT2D eigenvalue weighted by molar-refractivity contribution is 5.78. The van der Waals surface area contributed by atoms with Crippen molar-refractivity contribution in [3.05, 3.63) is 66.0 Å². The second-order valence-corrected chi connectivity index (χ2v) is 5.34. The van der Waals surface area contributed by atoms with Crippen molar-refractivity contribution in [1.82, 2.24) is 10.3 Å². The Hall–Kier alpha value is -2.36. The third-order valence-corrected chi connectivity index (χ3v) is 3.73. The minimum atomic E-state index is 0.422. The topological polar surface area (TPSA) is 63.3 Å². The Morgan fingerprint density at radius 1 is 1.19 bits per heavy atom. The van der Waals surface area contributed by atoms with Gasteiger partial charge < -0.3 is 11.1 Å². The van der Waals surface area contributed by atoms with Gasteiger partial charge in [0, 0.05) is 36.8 Å². The second-order valence-electron chi connectivity index (χ2n) is 5.34. The Morgan fingerprint density at radius 2 is 2.00 bits per heavy atom. The summed E-state index contributed by atoms with van der Waals surface area (Å²) in [7, 11) is 0. The molecule has 4 heteroatoms. The number of rotatable bonds is 5. The van der Waals surface area contributed by atoms with E-state index in [4.69, 9.17) is 5.73 Å². The fraction of sp³-hybridized carbons (Fsp3) is 0.294. The minimum Gasteiger partial charge on any atom is -0.370 e. The first-order chi connectivity index (χ1) is 10.3. The number of nitrogens with zero attached hydrogens (tertiary/aromatic N) is 2. The van der Waals surface area contributed by atoms with Crippen LogP contribution >= 0.6 is 0 Å². The van der Waals surface area contributed by atoms with Gasteiger partial charge in [0.05, 0.1) is 0 Å². The molecule has 1 aliphatic rings. The molecule has 3 N–H and O–H groups in total. The third-order valence-electron chi connectivity index (χ3n) is 3.73. The molecule has 1 aromatic carbocycles. The number of aromatic nitrogens is 1. The predicted molar refractivity (Wildman–Crippen MR) is 85.2 cm³/mol. The van der Waals surface area contributed by atoms with Crippen molar-refractivity contribution in [3.8, 4) is 0 Å². The molecule has 21 heavy (non-hydrogen) atoms. The van der Waals surface area contributed by atoms with E-state index < -0.39 is 0 Å². The zero-order chi connectivity index (χ0) is 14.5. The van der Waals surface area contributed by atoms with Crippen LogP contribution in [-0.2, 0) is 6.42 Å². The molecule has 2 unspecified atom stereocenters. The molecule has 3 rings (SSSR count). The summed E-state index contributed by atoms with van der Waals surface area (Å²) in [6.07, 6.45) is 3.74. The molecule has 0 saturated heterocycles. The Morgan fingerprint density at radius 3 is 2.76 bits per heavy atom. The maximum atomic E-state index is 5.94. The lowest BCUT2D eigenvalue weighted by molar-refractivity contribution is 0.838. The number of benzene rings is 1. The molecular formula is C17H20N4. The lowest BCUT2D eigenvalue weighted by Gasteiger charge is -2.05. The van der Waals surface area contributed by atoms with Gasteiger partial charge in [0.25, 0.3) is 0 Å². The van der Waals surface area contributed by atoms with E-state index in [-0.39, 0.29) is 0 Å². The summed E-state index contributed by atoms with van der Waals surface area (Å²) in [6.45, 7) is 0.665. The lowest BCUT2D eigenvalue weighted by Crippen LogP contribution is -2.34. The number of hydrogen-bond donors (Lipinski definition) is 2. The van der Waals surface area contributed by atoms with Gasteiger partial charge in [-0.1, -0.05) is 36.4 Å². The third kappa shape index (κ3) is 3.81. The summed E-state index contributed by atoms with van der Waals surface area (Å²) in [5, 5.41) is 3.30. The molecule has 1 fully saturated rings. The van der Waals surface area contributed by atoms with Crippen LogP contribution in [0.5, 0.6) is 0 Å². The molecule has 0 spiro atoms. The maximum absolute atomic E-state index is 5.94. The fourth-order valence-corrected chi connectivity index (χ4v) is 2.50. The van der Waals surface area contributed by atoms with Gasteiger partial charge in [-0.15, -0.1) is 0 Å². The number of nitrogens with one attached hydrogen (secondary N) is 1. The van der Waals surface area contributed by atoms with E-state index in [0.717, 1.165) is 18.5 Å². The average Bonchev–Trinajstić information content (AvgIpc) is 3.28. The van der Waals surface area contributed by atoms with Crippen LogP contribution in [-0.4, -0.2) is 23.5 Å². The van der Waals surface area contributed by atoms with E-state index >= 15 is 0 Å². The van der Waals surface area contributed by atoms with Gasteiger partial charge in [0.15, 0.2) is 5.96 Å². The largest absolute Gasteiger partial charge is 0.370 e. The summed E-state index contributed by atoms with van der Waals surface area (Å²) in [4.78, 5) is 8.64. The van der Waals surface area contributed by atoms with Gasteiger partial charge in [0.2, 0.25) is 0 Å². The van der Waals surface area contributed by atoms with E-state index in [2.05, 4.69) is 39.6 Å². The van der Waals surface area contributed by atoms with E-state index in [9.17, 15) is 0 Å². The van der Waals surface area contributed by atoms with Crippen LogP contribution in [0.1, 0.15) is 23.6 Å². The van der Waals surface area contributed by atoms with Crippen molar-refractivity contribution in [2.24, 2.45) is 10.7 Å². The second kappa shape index (κ2) is 6.39. The van der Waals surface area contributed by atoms with Gasteiger partial charge >= 0.3 is 0 Å². The molecule has 0 radical (unpaired) electrons. The molecule has 1 saturated carbocycles. The van der Waals surface area contributed by atoms with Crippen molar-refractivity contribution in [1.29, 1.82) is 0 Å². The quantitative estimate of drug-likeness (QED) is 0.651. The van der Waals surface area contributed by atoms with E-state index in [0.29, 0.717) is 24.5 Å². The standard InChI is InChI=1S/C17H20N4/c18-17(20-11-9-14-8-4-5-10-19-14)21-16-12-15(16)13-6-2-1-3-7-13/h1-8,10,15-16H,9,11-12H2,(H3,18,20,21). The Bertz CT molecular complexity index is 595. The average molecular weight is 280 g/mol. The Balaban J connectivity index is 1.45. The van der Waals surface area contributed by atoms with Crippen molar-refractivity contribution in [2.45, 2.75) is 24.8 Å². The zero-order valence-electron chi connectivity index (χ0n) is 11.9. The lowest BCUT2D eigenvalue weighted by atomic mass is 10.1. The summed E-state index contributed by atoms with van der Waals surface area (Å²) < 4.78 is 0. The van der Waals surface area contributed by atoms with E-state index in [1.165, 1.54) is 5.56 Å². The van der Waals surface area contributed by atoms with Gasteiger partial charge in [0.1, 0.15) is 0 Å². The highest BCUT2D eigenvalue weighted by Gasteiger charge is 2.38. The van der Waals surface area contributed by atoms with Crippen molar-refractivity contribution in [3.63, 3.8) is 0 Å². The molecule has 0 aliphatic heterocycles. The van der Waals surface area contributed by atoms with Crippen LogP contribution < -0.4 is 11.1 Å². The summed E-state index contributed by atoms with van der Waals surface area (Å²) >= 11 is 0. The van der Waals surface area contributed by atoms with Crippen molar-refractivity contribution >= 4 is 5.96 Å². The Kier molecular flexibility index (Phi) is 4.15. The maximum Gasteiger partial charge on any atom is 0.188 e. The van der Waals surface area contributed by atoms with Crippen molar-refractivity contribution < 1.29 is 0 Å². The minimum absolute atomic E-state index is 0.422. The number of pyridine rings is 1.